The van der Waals surface area contributed by atoms with Crippen molar-refractivity contribution in [3.8, 4) is 17.2 Å². The summed E-state index contributed by atoms with van der Waals surface area (Å²) in [5, 5.41) is 8.92. The summed E-state index contributed by atoms with van der Waals surface area (Å²) in [6, 6.07) is 15.2. The summed E-state index contributed by atoms with van der Waals surface area (Å²) in [7, 11) is 0. The minimum Gasteiger partial charge on any atom is -0.295 e. The third-order valence-corrected chi connectivity index (χ3v) is 2.95. The lowest BCUT2D eigenvalue weighted by atomic mass is 9.96. The second-order valence-corrected chi connectivity index (χ2v) is 4.28. The van der Waals surface area contributed by atoms with Gasteiger partial charge in [-0.05, 0) is 48.7 Å². The Morgan fingerprint density at radius 1 is 1.17 bits per heavy atom. The SMILES string of the molecule is CC(=O)c1ccc(C)c(-c2cccc(C#N)c2)c1. The Balaban J connectivity index is 2.59. The fraction of sp³-hybridized carbons (Fsp3) is 0.125. The summed E-state index contributed by atoms with van der Waals surface area (Å²) in [4.78, 5) is 11.4. The van der Waals surface area contributed by atoms with Crippen molar-refractivity contribution in [1.82, 2.24) is 0 Å². The Morgan fingerprint density at radius 2 is 1.94 bits per heavy atom. The molecule has 0 heterocycles. The number of rotatable bonds is 2. The molecule has 0 atom stereocenters. The van der Waals surface area contributed by atoms with Gasteiger partial charge in [-0.2, -0.15) is 5.26 Å². The number of nitriles is 1. The average Bonchev–Trinajstić information content (AvgIpc) is 2.39. The van der Waals surface area contributed by atoms with Crippen LogP contribution in [-0.4, -0.2) is 5.78 Å². The maximum Gasteiger partial charge on any atom is 0.159 e. The van der Waals surface area contributed by atoms with Crippen LogP contribution in [0.5, 0.6) is 0 Å². The summed E-state index contributed by atoms with van der Waals surface area (Å²) in [5.41, 5.74) is 4.38. The molecule has 0 saturated heterocycles. The lowest BCUT2D eigenvalue weighted by molar-refractivity contribution is 0.101. The number of carbonyl (C=O) groups is 1. The lowest BCUT2D eigenvalue weighted by Crippen LogP contribution is -1.94. The third-order valence-electron chi connectivity index (χ3n) is 2.95. The van der Waals surface area contributed by atoms with Crippen molar-refractivity contribution >= 4 is 5.78 Å². The quantitative estimate of drug-likeness (QED) is 0.744. The fourth-order valence-corrected chi connectivity index (χ4v) is 1.91. The van der Waals surface area contributed by atoms with Crippen LogP contribution in [0.1, 0.15) is 28.4 Å². The van der Waals surface area contributed by atoms with Crippen molar-refractivity contribution in [2.24, 2.45) is 0 Å². The Hall–Kier alpha value is -2.40. The van der Waals surface area contributed by atoms with Gasteiger partial charge in [0.1, 0.15) is 0 Å². The summed E-state index contributed by atoms with van der Waals surface area (Å²) in [6.45, 7) is 3.55. The standard InChI is InChI=1S/C16H13NO/c1-11-6-7-14(12(2)18)9-16(11)15-5-3-4-13(8-15)10-17/h3-9H,1-2H3. The van der Waals surface area contributed by atoms with Gasteiger partial charge in [0.05, 0.1) is 11.6 Å². The normalized spacial score (nSPS) is 9.83. The minimum atomic E-state index is 0.0488. The van der Waals surface area contributed by atoms with Crippen LogP contribution in [0.25, 0.3) is 11.1 Å². The molecule has 0 aromatic heterocycles. The monoisotopic (exact) mass is 235 g/mol. The molecule has 0 aliphatic heterocycles. The second kappa shape index (κ2) is 4.85. The summed E-state index contributed by atoms with van der Waals surface area (Å²) in [6.07, 6.45) is 0. The summed E-state index contributed by atoms with van der Waals surface area (Å²) in [5.74, 6) is 0.0488. The Morgan fingerprint density at radius 3 is 2.61 bits per heavy atom. The maximum absolute atomic E-state index is 11.4. The lowest BCUT2D eigenvalue weighted by Gasteiger charge is -2.08. The molecule has 0 bridgehead atoms. The van der Waals surface area contributed by atoms with Gasteiger partial charge in [0.25, 0.3) is 0 Å². The molecule has 0 spiro atoms. The van der Waals surface area contributed by atoms with E-state index in [1.165, 1.54) is 0 Å². The minimum absolute atomic E-state index is 0.0488. The number of aryl methyl sites for hydroxylation is 1. The van der Waals surface area contributed by atoms with Crippen LogP contribution in [0, 0.1) is 18.3 Å². The molecule has 0 fully saturated rings. The van der Waals surface area contributed by atoms with Crippen molar-refractivity contribution in [2.75, 3.05) is 0 Å². The fourth-order valence-electron chi connectivity index (χ4n) is 1.91. The van der Waals surface area contributed by atoms with Crippen LogP contribution in [0.3, 0.4) is 0 Å². The number of nitrogens with zero attached hydrogens (tertiary/aromatic N) is 1. The number of benzene rings is 2. The van der Waals surface area contributed by atoms with Gasteiger partial charge in [-0.15, -0.1) is 0 Å². The highest BCUT2D eigenvalue weighted by Gasteiger charge is 2.06. The van der Waals surface area contributed by atoms with Crippen molar-refractivity contribution in [3.63, 3.8) is 0 Å². The molecule has 2 aromatic rings. The highest BCUT2D eigenvalue weighted by molar-refractivity contribution is 5.95. The van der Waals surface area contributed by atoms with Crippen LogP contribution in [-0.2, 0) is 0 Å². The van der Waals surface area contributed by atoms with E-state index in [9.17, 15) is 4.79 Å². The molecular formula is C16H13NO. The molecule has 0 aliphatic carbocycles. The van der Waals surface area contributed by atoms with E-state index >= 15 is 0 Å². The zero-order chi connectivity index (χ0) is 13.1. The highest BCUT2D eigenvalue weighted by Crippen LogP contribution is 2.25. The molecule has 0 radical (unpaired) electrons. The predicted molar refractivity (Wildman–Crippen MR) is 71.3 cm³/mol. The second-order valence-electron chi connectivity index (χ2n) is 4.28. The number of ketones is 1. The molecule has 2 nitrogen and oxygen atoms in total. The van der Waals surface area contributed by atoms with Gasteiger partial charge in [-0.3, -0.25) is 4.79 Å². The topological polar surface area (TPSA) is 40.9 Å². The van der Waals surface area contributed by atoms with Gasteiger partial charge in [0, 0.05) is 5.56 Å². The third kappa shape index (κ3) is 2.31. The average molecular weight is 235 g/mol. The molecule has 0 saturated carbocycles. The summed E-state index contributed by atoms with van der Waals surface area (Å²) < 4.78 is 0. The predicted octanol–water partition coefficient (Wildman–Crippen LogP) is 3.74. The molecule has 0 unspecified atom stereocenters. The van der Waals surface area contributed by atoms with E-state index in [0.717, 1.165) is 16.7 Å². The van der Waals surface area contributed by atoms with Gasteiger partial charge in [0.2, 0.25) is 0 Å². The van der Waals surface area contributed by atoms with E-state index in [0.29, 0.717) is 11.1 Å². The molecule has 2 aromatic carbocycles. The number of Topliss-reactive ketones (excluding diaryl/α,β-unsaturated/α-hetero) is 1. The largest absolute Gasteiger partial charge is 0.295 e. The van der Waals surface area contributed by atoms with Gasteiger partial charge in [-0.1, -0.05) is 24.3 Å². The first kappa shape index (κ1) is 12.1. The molecular weight excluding hydrogens is 222 g/mol. The smallest absolute Gasteiger partial charge is 0.159 e. The number of hydrogen-bond donors (Lipinski definition) is 0. The van der Waals surface area contributed by atoms with Crippen LogP contribution in [0.4, 0.5) is 0 Å². The van der Waals surface area contributed by atoms with E-state index in [1.54, 1.807) is 13.0 Å². The van der Waals surface area contributed by atoms with Crippen LogP contribution in [0.2, 0.25) is 0 Å². The molecule has 0 amide bonds. The first-order valence-electron chi connectivity index (χ1n) is 5.74. The Labute approximate surface area is 107 Å². The van der Waals surface area contributed by atoms with E-state index in [4.69, 9.17) is 5.26 Å². The summed E-state index contributed by atoms with van der Waals surface area (Å²) >= 11 is 0. The molecule has 2 rings (SSSR count). The van der Waals surface area contributed by atoms with Crippen molar-refractivity contribution < 1.29 is 4.79 Å². The van der Waals surface area contributed by atoms with Gasteiger partial charge >= 0.3 is 0 Å². The Bertz CT molecular complexity index is 650. The van der Waals surface area contributed by atoms with Gasteiger partial charge < -0.3 is 0 Å². The van der Waals surface area contributed by atoms with Crippen LogP contribution < -0.4 is 0 Å². The van der Waals surface area contributed by atoms with Crippen molar-refractivity contribution in [1.29, 1.82) is 5.26 Å². The number of hydrogen-bond acceptors (Lipinski definition) is 2. The zero-order valence-electron chi connectivity index (χ0n) is 10.4. The first-order valence-corrected chi connectivity index (χ1v) is 5.74. The molecule has 2 heteroatoms. The van der Waals surface area contributed by atoms with E-state index in [2.05, 4.69) is 6.07 Å². The molecule has 0 aliphatic rings. The number of carbonyl (C=O) groups excluding carboxylic acids is 1. The van der Waals surface area contributed by atoms with E-state index in [-0.39, 0.29) is 5.78 Å². The molecule has 0 N–H and O–H groups in total. The van der Waals surface area contributed by atoms with Crippen LogP contribution >= 0.6 is 0 Å². The van der Waals surface area contributed by atoms with Gasteiger partial charge in [-0.25, -0.2) is 0 Å². The Kier molecular flexibility index (Phi) is 3.25. The maximum atomic E-state index is 11.4. The molecule has 88 valence electrons. The first-order chi connectivity index (χ1) is 8.61. The molecule has 18 heavy (non-hydrogen) atoms. The van der Waals surface area contributed by atoms with Gasteiger partial charge in [0.15, 0.2) is 5.78 Å². The van der Waals surface area contributed by atoms with E-state index in [1.807, 2.05) is 43.3 Å². The van der Waals surface area contributed by atoms with E-state index < -0.39 is 0 Å². The van der Waals surface area contributed by atoms with Crippen molar-refractivity contribution in [3.05, 3.63) is 59.2 Å². The van der Waals surface area contributed by atoms with Crippen molar-refractivity contribution in [2.45, 2.75) is 13.8 Å². The highest BCUT2D eigenvalue weighted by atomic mass is 16.1. The zero-order valence-corrected chi connectivity index (χ0v) is 10.4. The van der Waals surface area contributed by atoms with Crippen LogP contribution in [0.15, 0.2) is 42.5 Å².